The quantitative estimate of drug-likeness (QED) is 0.119. The van der Waals surface area contributed by atoms with E-state index in [1.807, 2.05) is 66.7 Å². The molecule has 1 atom stereocenters. The maximum Gasteiger partial charge on any atom is 0.306 e. The van der Waals surface area contributed by atoms with Crippen molar-refractivity contribution in [3.05, 3.63) is 108 Å². The summed E-state index contributed by atoms with van der Waals surface area (Å²) in [5.74, 6) is -1.15. The lowest BCUT2D eigenvalue weighted by atomic mass is 10.0. The molecule has 0 aliphatic rings. The molecule has 3 aromatic carbocycles. The van der Waals surface area contributed by atoms with Crippen LogP contribution in [0.1, 0.15) is 68.1 Å². The maximum atomic E-state index is 12.8. The molecule has 0 radical (unpaired) electrons. The summed E-state index contributed by atoms with van der Waals surface area (Å²) < 4.78 is 5.33. The molecule has 3 rings (SSSR count). The number of unbranched alkanes of at least 4 members (excludes halogenated alkanes) is 4. The number of hydrogen-bond acceptors (Lipinski definition) is 5. The third-order valence-electron chi connectivity index (χ3n) is 6.50. The molecule has 40 heavy (non-hydrogen) atoms. The summed E-state index contributed by atoms with van der Waals surface area (Å²) >= 11 is 0. The van der Waals surface area contributed by atoms with E-state index in [-0.39, 0.29) is 32.0 Å². The molecular weight excluding hydrogens is 504 g/mol. The molecule has 212 valence electrons. The van der Waals surface area contributed by atoms with Gasteiger partial charge in [0.25, 0.3) is 5.91 Å². The highest BCUT2D eigenvalue weighted by molar-refractivity contribution is 5.87. The molecule has 0 aliphatic carbocycles. The zero-order chi connectivity index (χ0) is 28.3. The first-order chi connectivity index (χ1) is 19.6. The number of nitrogens with one attached hydrogen (secondary N) is 2. The Balaban J connectivity index is 1.39. The smallest absolute Gasteiger partial charge is 0.306 e. The summed E-state index contributed by atoms with van der Waals surface area (Å²) in [5, 5.41) is 2.78. The van der Waals surface area contributed by atoms with Gasteiger partial charge in [0.2, 0.25) is 5.91 Å². The number of carbonyl (C=O) groups is 3. The maximum absolute atomic E-state index is 12.8. The van der Waals surface area contributed by atoms with Crippen molar-refractivity contribution in [1.82, 2.24) is 10.8 Å². The topological polar surface area (TPSA) is 93.7 Å². The normalized spacial score (nSPS) is 11.4. The lowest BCUT2D eigenvalue weighted by Crippen LogP contribution is -2.46. The van der Waals surface area contributed by atoms with Gasteiger partial charge < -0.3 is 10.1 Å². The van der Waals surface area contributed by atoms with Crippen LogP contribution in [0.3, 0.4) is 0 Å². The molecule has 0 spiro atoms. The Morgan fingerprint density at radius 2 is 1.18 bits per heavy atom. The number of hydrogen-bond donors (Lipinski definition) is 2. The number of aryl methyl sites for hydroxylation is 1. The van der Waals surface area contributed by atoms with Crippen molar-refractivity contribution in [2.75, 3.05) is 0 Å². The number of esters is 1. The van der Waals surface area contributed by atoms with Gasteiger partial charge in [0, 0.05) is 12.8 Å². The zero-order valence-corrected chi connectivity index (χ0v) is 23.1. The van der Waals surface area contributed by atoms with Gasteiger partial charge in [-0.15, -0.1) is 0 Å². The van der Waals surface area contributed by atoms with Gasteiger partial charge in [-0.05, 0) is 42.4 Å². The molecule has 3 aromatic rings. The van der Waals surface area contributed by atoms with Gasteiger partial charge >= 0.3 is 5.97 Å². The average Bonchev–Trinajstić information content (AvgIpc) is 2.99. The van der Waals surface area contributed by atoms with Crippen molar-refractivity contribution in [3.63, 3.8) is 0 Å². The van der Waals surface area contributed by atoms with Crippen LogP contribution in [-0.4, -0.2) is 23.8 Å². The monoisotopic (exact) mass is 544 g/mol. The minimum Gasteiger partial charge on any atom is -0.461 e. The number of rotatable bonds is 18. The molecule has 0 aliphatic heterocycles. The largest absolute Gasteiger partial charge is 0.461 e. The van der Waals surface area contributed by atoms with Crippen LogP contribution < -0.4 is 10.8 Å². The molecule has 0 unspecified atom stereocenters. The van der Waals surface area contributed by atoms with Crippen LogP contribution in [0, 0.1) is 0 Å². The van der Waals surface area contributed by atoms with Gasteiger partial charge in [-0.1, -0.05) is 110 Å². The second kappa shape index (κ2) is 18.3. The molecular formula is C33H40N2O5. The van der Waals surface area contributed by atoms with E-state index in [0.29, 0.717) is 6.42 Å². The van der Waals surface area contributed by atoms with Crippen molar-refractivity contribution in [2.24, 2.45) is 0 Å². The van der Waals surface area contributed by atoms with Crippen LogP contribution in [0.2, 0.25) is 0 Å². The van der Waals surface area contributed by atoms with Gasteiger partial charge in [-0.2, -0.15) is 0 Å². The van der Waals surface area contributed by atoms with E-state index >= 15 is 0 Å². The molecule has 0 heterocycles. The lowest BCUT2D eigenvalue weighted by molar-refractivity contribution is -0.146. The van der Waals surface area contributed by atoms with E-state index in [0.717, 1.165) is 49.7 Å². The molecule has 2 N–H and O–H groups in total. The minimum atomic E-state index is -0.904. The highest BCUT2D eigenvalue weighted by Crippen LogP contribution is 2.11. The fourth-order valence-corrected chi connectivity index (χ4v) is 4.23. The lowest BCUT2D eigenvalue weighted by Gasteiger charge is -2.18. The van der Waals surface area contributed by atoms with Crippen LogP contribution in [0.5, 0.6) is 0 Å². The third kappa shape index (κ3) is 12.7. The second-order valence-corrected chi connectivity index (χ2v) is 9.80. The van der Waals surface area contributed by atoms with Crippen LogP contribution in [-0.2, 0) is 43.6 Å². The number of benzene rings is 3. The van der Waals surface area contributed by atoms with E-state index in [1.54, 1.807) is 0 Å². The molecule has 2 amide bonds. The fourth-order valence-electron chi connectivity index (χ4n) is 4.23. The molecule has 0 aromatic heterocycles. The third-order valence-corrected chi connectivity index (χ3v) is 6.50. The number of carbonyl (C=O) groups excluding carboxylic acids is 3. The van der Waals surface area contributed by atoms with Crippen molar-refractivity contribution in [3.8, 4) is 0 Å². The Labute approximate surface area is 237 Å². The summed E-state index contributed by atoms with van der Waals surface area (Å²) in [4.78, 5) is 43.1. The number of hydroxylamine groups is 1. The first-order valence-corrected chi connectivity index (χ1v) is 14.1. The molecule has 0 saturated carbocycles. The van der Waals surface area contributed by atoms with Gasteiger partial charge in [-0.25, -0.2) is 5.48 Å². The zero-order valence-electron chi connectivity index (χ0n) is 23.1. The summed E-state index contributed by atoms with van der Waals surface area (Å²) in [6.45, 7) is 0.352. The molecule has 7 nitrogen and oxygen atoms in total. The summed E-state index contributed by atoms with van der Waals surface area (Å²) in [5.41, 5.74) is 5.55. The number of ether oxygens (including phenoxy) is 1. The predicted octanol–water partition coefficient (Wildman–Crippen LogP) is 5.83. The van der Waals surface area contributed by atoms with Crippen LogP contribution >= 0.6 is 0 Å². The van der Waals surface area contributed by atoms with Gasteiger partial charge in [-0.3, -0.25) is 19.2 Å². The Bertz CT molecular complexity index is 1140. The molecule has 7 heteroatoms. The second-order valence-electron chi connectivity index (χ2n) is 9.80. The Hall–Kier alpha value is -3.97. The first kappa shape index (κ1) is 30.6. The van der Waals surface area contributed by atoms with Crippen molar-refractivity contribution in [2.45, 2.75) is 77.0 Å². The summed E-state index contributed by atoms with van der Waals surface area (Å²) in [6.07, 6.45) is 6.49. The van der Waals surface area contributed by atoms with Crippen molar-refractivity contribution in [1.29, 1.82) is 0 Å². The Morgan fingerprint density at radius 3 is 1.82 bits per heavy atom. The number of amides is 2. The van der Waals surface area contributed by atoms with Crippen molar-refractivity contribution < 1.29 is 24.0 Å². The van der Waals surface area contributed by atoms with Crippen molar-refractivity contribution >= 4 is 17.8 Å². The SMILES string of the molecule is O=C(CCCCCCCc1ccccc1)N[C@H](CCC(=O)OCc1ccccc1)C(=O)NOCc1ccccc1. The highest BCUT2D eigenvalue weighted by Gasteiger charge is 2.22. The minimum absolute atomic E-state index is 0.00863. The van der Waals surface area contributed by atoms with Crippen LogP contribution in [0.15, 0.2) is 91.0 Å². The van der Waals surface area contributed by atoms with Crippen LogP contribution in [0.4, 0.5) is 0 Å². The van der Waals surface area contributed by atoms with Gasteiger partial charge in [0.05, 0.1) is 6.61 Å². The van der Waals surface area contributed by atoms with E-state index in [2.05, 4.69) is 35.1 Å². The fraction of sp³-hybridized carbons (Fsp3) is 0.364. The predicted molar refractivity (Wildman–Crippen MR) is 155 cm³/mol. The van der Waals surface area contributed by atoms with Gasteiger partial charge in [0.1, 0.15) is 12.6 Å². The standard InChI is InChI=1S/C33H40N2O5/c36-31(22-14-3-1-2-7-15-27-16-8-4-9-17-27)34-30(33(38)35-40-26-29-20-12-6-13-21-29)23-24-32(37)39-25-28-18-10-5-11-19-28/h4-6,8-13,16-21,30H,1-3,7,14-15,22-26H2,(H,34,36)(H,35,38)/t30-/m1/s1. The Morgan fingerprint density at radius 1 is 0.625 bits per heavy atom. The van der Waals surface area contributed by atoms with E-state index in [9.17, 15) is 14.4 Å². The van der Waals surface area contributed by atoms with E-state index in [4.69, 9.17) is 9.57 Å². The summed E-state index contributed by atoms with van der Waals surface area (Å²) in [6, 6.07) is 28.4. The molecule has 0 fully saturated rings. The van der Waals surface area contributed by atoms with Crippen LogP contribution in [0.25, 0.3) is 0 Å². The first-order valence-electron chi connectivity index (χ1n) is 14.1. The Kier molecular flexibility index (Phi) is 14.0. The average molecular weight is 545 g/mol. The van der Waals surface area contributed by atoms with E-state index in [1.165, 1.54) is 5.56 Å². The highest BCUT2D eigenvalue weighted by atomic mass is 16.6. The van der Waals surface area contributed by atoms with E-state index < -0.39 is 17.9 Å². The van der Waals surface area contributed by atoms with Gasteiger partial charge in [0.15, 0.2) is 0 Å². The molecule has 0 saturated heterocycles. The molecule has 0 bridgehead atoms. The summed E-state index contributed by atoms with van der Waals surface area (Å²) in [7, 11) is 0.